The van der Waals surface area contributed by atoms with Crippen molar-refractivity contribution in [3.63, 3.8) is 0 Å². The molecule has 0 amide bonds. The van der Waals surface area contributed by atoms with Gasteiger partial charge < -0.3 is 14.2 Å². The Morgan fingerprint density at radius 3 is 1.67 bits per heavy atom. The molecule has 88 valence electrons. The maximum Gasteiger partial charge on any atom is 0.0870 e. The Balaban J connectivity index is 3.10. The van der Waals surface area contributed by atoms with Crippen LogP contribution in [0.15, 0.2) is 24.7 Å². The summed E-state index contributed by atoms with van der Waals surface area (Å²) in [7, 11) is 0. The van der Waals surface area contributed by atoms with Crippen molar-refractivity contribution in [2.45, 2.75) is 26.7 Å². The molecule has 0 aliphatic rings. The van der Waals surface area contributed by atoms with E-state index < -0.39 is 0 Å². The Bertz CT molecular complexity index is 146. The van der Waals surface area contributed by atoms with Gasteiger partial charge in [-0.1, -0.05) is 13.8 Å². The highest BCUT2D eigenvalue weighted by Gasteiger charge is 1.80. The van der Waals surface area contributed by atoms with Crippen molar-refractivity contribution >= 4 is 0 Å². The summed E-state index contributed by atoms with van der Waals surface area (Å²) in [6, 6.07) is 0. The van der Waals surface area contributed by atoms with Crippen LogP contribution in [0.5, 0.6) is 0 Å². The molecule has 15 heavy (non-hydrogen) atoms. The molecule has 0 aromatic rings. The first-order chi connectivity index (χ1) is 7.41. The van der Waals surface area contributed by atoms with Gasteiger partial charge >= 0.3 is 0 Å². The van der Waals surface area contributed by atoms with Crippen LogP contribution in [-0.2, 0) is 14.2 Å². The number of hydrogen-bond donors (Lipinski definition) is 0. The van der Waals surface area contributed by atoms with Crippen LogP contribution in [-0.4, -0.2) is 26.4 Å². The van der Waals surface area contributed by atoms with Crippen LogP contribution in [0.1, 0.15) is 26.7 Å². The van der Waals surface area contributed by atoms with Gasteiger partial charge in [0.1, 0.15) is 0 Å². The largest absolute Gasteiger partial charge is 0.501 e. The molecule has 3 heteroatoms. The van der Waals surface area contributed by atoms with Gasteiger partial charge in [0.2, 0.25) is 0 Å². The molecule has 0 aromatic carbocycles. The molecule has 3 nitrogen and oxygen atoms in total. The lowest BCUT2D eigenvalue weighted by atomic mass is 10.5. The molecule has 0 bridgehead atoms. The smallest absolute Gasteiger partial charge is 0.0870 e. The Morgan fingerprint density at radius 1 is 0.800 bits per heavy atom. The molecule has 0 radical (unpaired) electrons. The summed E-state index contributed by atoms with van der Waals surface area (Å²) in [5, 5.41) is 0. The van der Waals surface area contributed by atoms with Gasteiger partial charge in [0.15, 0.2) is 0 Å². The maximum absolute atomic E-state index is 5.26. The molecule has 0 N–H and O–H groups in total. The van der Waals surface area contributed by atoms with Crippen LogP contribution in [0.25, 0.3) is 0 Å². The second-order valence-corrected chi connectivity index (χ2v) is 3.02. The molecule has 0 rings (SSSR count). The minimum absolute atomic E-state index is 0.571. The van der Waals surface area contributed by atoms with Gasteiger partial charge in [-0.05, 0) is 25.0 Å². The molecule has 0 atom stereocenters. The Hall–Kier alpha value is -0.960. The highest BCUT2D eigenvalue weighted by atomic mass is 16.5. The second kappa shape index (κ2) is 13.0. The average Bonchev–Trinajstić information content (AvgIpc) is 2.26. The minimum atomic E-state index is 0.571. The van der Waals surface area contributed by atoms with E-state index in [1.165, 1.54) is 0 Å². The Kier molecular flexibility index (Phi) is 12.2. The topological polar surface area (TPSA) is 27.7 Å². The lowest BCUT2D eigenvalue weighted by Gasteiger charge is -1.98. The molecular formula is C12H22O3. The second-order valence-electron chi connectivity index (χ2n) is 3.02. The summed E-state index contributed by atoms with van der Waals surface area (Å²) < 4.78 is 15.5. The zero-order valence-corrected chi connectivity index (χ0v) is 9.78. The standard InChI is InChI=1S/C12H22O3/c1-3-7-13-9-5-11-15-12-6-10-14-8-4-2/h5-6,9-10H,3-4,7-8,11-12H2,1-2H3. The van der Waals surface area contributed by atoms with E-state index in [1.54, 1.807) is 12.5 Å². The third-order valence-electron chi connectivity index (χ3n) is 1.46. The normalized spacial score (nSPS) is 11.3. The fourth-order valence-corrected chi connectivity index (χ4v) is 0.791. The maximum atomic E-state index is 5.26. The zero-order valence-electron chi connectivity index (χ0n) is 9.78. The molecule has 0 aliphatic heterocycles. The van der Waals surface area contributed by atoms with E-state index in [2.05, 4.69) is 13.8 Å². The van der Waals surface area contributed by atoms with Crippen molar-refractivity contribution in [3.8, 4) is 0 Å². The lowest BCUT2D eigenvalue weighted by molar-refractivity contribution is 0.182. The van der Waals surface area contributed by atoms with Crippen LogP contribution in [0, 0.1) is 0 Å². The first-order valence-corrected chi connectivity index (χ1v) is 5.52. The van der Waals surface area contributed by atoms with Crippen molar-refractivity contribution in [1.82, 2.24) is 0 Å². The molecule has 0 spiro atoms. The molecule has 0 aliphatic carbocycles. The van der Waals surface area contributed by atoms with Gasteiger partial charge in [-0.3, -0.25) is 0 Å². The third-order valence-corrected chi connectivity index (χ3v) is 1.46. The van der Waals surface area contributed by atoms with E-state index in [1.807, 2.05) is 12.2 Å². The molecule has 0 saturated carbocycles. The lowest BCUT2D eigenvalue weighted by Crippen LogP contribution is -1.92. The Labute approximate surface area is 92.7 Å². The monoisotopic (exact) mass is 214 g/mol. The van der Waals surface area contributed by atoms with Crippen molar-refractivity contribution in [2.24, 2.45) is 0 Å². The third kappa shape index (κ3) is 13.0. The number of ether oxygens (including phenoxy) is 3. The molecule has 0 heterocycles. The molecular weight excluding hydrogens is 192 g/mol. The molecule has 0 fully saturated rings. The van der Waals surface area contributed by atoms with Gasteiger partial charge in [0.05, 0.1) is 39.0 Å². The van der Waals surface area contributed by atoms with E-state index >= 15 is 0 Å². The van der Waals surface area contributed by atoms with Crippen molar-refractivity contribution < 1.29 is 14.2 Å². The van der Waals surface area contributed by atoms with Crippen LogP contribution in [0.2, 0.25) is 0 Å². The van der Waals surface area contributed by atoms with Gasteiger partial charge in [0, 0.05) is 0 Å². The predicted octanol–water partition coefficient (Wildman–Crippen LogP) is 2.88. The molecule has 0 saturated heterocycles. The number of rotatable bonds is 10. The van der Waals surface area contributed by atoms with Gasteiger partial charge in [0.25, 0.3) is 0 Å². The van der Waals surface area contributed by atoms with Crippen molar-refractivity contribution in [1.29, 1.82) is 0 Å². The van der Waals surface area contributed by atoms with E-state index in [9.17, 15) is 0 Å². The fraction of sp³-hybridized carbons (Fsp3) is 0.667. The summed E-state index contributed by atoms with van der Waals surface area (Å²) in [4.78, 5) is 0. The SMILES string of the molecule is CCCOC=CCOCC=COCCC. The van der Waals surface area contributed by atoms with Crippen LogP contribution < -0.4 is 0 Å². The minimum Gasteiger partial charge on any atom is -0.501 e. The van der Waals surface area contributed by atoms with E-state index in [-0.39, 0.29) is 0 Å². The van der Waals surface area contributed by atoms with E-state index in [0.29, 0.717) is 13.2 Å². The first kappa shape index (κ1) is 14.0. The fourth-order valence-electron chi connectivity index (χ4n) is 0.791. The van der Waals surface area contributed by atoms with Crippen LogP contribution in [0.3, 0.4) is 0 Å². The first-order valence-electron chi connectivity index (χ1n) is 5.52. The summed E-state index contributed by atoms with van der Waals surface area (Å²) in [5.74, 6) is 0. The molecule has 0 unspecified atom stereocenters. The van der Waals surface area contributed by atoms with E-state index in [0.717, 1.165) is 26.1 Å². The van der Waals surface area contributed by atoms with E-state index in [4.69, 9.17) is 14.2 Å². The summed E-state index contributed by atoms with van der Waals surface area (Å²) in [5.41, 5.74) is 0. The van der Waals surface area contributed by atoms with Crippen LogP contribution >= 0.6 is 0 Å². The highest BCUT2D eigenvalue weighted by molar-refractivity contribution is 4.76. The summed E-state index contributed by atoms with van der Waals surface area (Å²) in [6.45, 7) is 6.82. The van der Waals surface area contributed by atoms with Crippen LogP contribution in [0.4, 0.5) is 0 Å². The highest BCUT2D eigenvalue weighted by Crippen LogP contribution is 1.85. The van der Waals surface area contributed by atoms with Gasteiger partial charge in [-0.15, -0.1) is 0 Å². The Morgan fingerprint density at radius 2 is 1.27 bits per heavy atom. The summed E-state index contributed by atoms with van der Waals surface area (Å²) >= 11 is 0. The number of hydrogen-bond acceptors (Lipinski definition) is 3. The zero-order chi connectivity index (χ0) is 11.2. The predicted molar refractivity (Wildman–Crippen MR) is 61.6 cm³/mol. The van der Waals surface area contributed by atoms with Gasteiger partial charge in [-0.2, -0.15) is 0 Å². The average molecular weight is 214 g/mol. The van der Waals surface area contributed by atoms with Gasteiger partial charge in [-0.25, -0.2) is 0 Å². The van der Waals surface area contributed by atoms with Crippen molar-refractivity contribution in [3.05, 3.63) is 24.7 Å². The quantitative estimate of drug-likeness (QED) is 0.413. The van der Waals surface area contributed by atoms with Crippen molar-refractivity contribution in [2.75, 3.05) is 26.4 Å². The summed E-state index contributed by atoms with van der Waals surface area (Å²) in [6.07, 6.45) is 9.14. The molecule has 0 aromatic heterocycles.